The van der Waals surface area contributed by atoms with E-state index in [2.05, 4.69) is 31.3 Å². The first-order valence-corrected chi connectivity index (χ1v) is 13.0. The number of nitro benzene ring substituents is 1. The van der Waals surface area contributed by atoms with Crippen LogP contribution in [0.3, 0.4) is 0 Å². The van der Waals surface area contributed by atoms with Crippen molar-refractivity contribution < 1.29 is 14.5 Å². The summed E-state index contributed by atoms with van der Waals surface area (Å²) in [5, 5.41) is 19.2. The smallest absolute Gasteiger partial charge is 0.311 e. The number of nitrogens with one attached hydrogen (secondary N) is 1. The number of rotatable bonds is 9. The van der Waals surface area contributed by atoms with Gasteiger partial charge in [0, 0.05) is 27.7 Å². The van der Waals surface area contributed by atoms with E-state index in [4.69, 9.17) is 4.74 Å². The van der Waals surface area contributed by atoms with Crippen molar-refractivity contribution in [1.29, 1.82) is 0 Å². The van der Waals surface area contributed by atoms with E-state index < -0.39 is 17.4 Å². The van der Waals surface area contributed by atoms with Crippen LogP contribution in [0.15, 0.2) is 75.0 Å². The van der Waals surface area contributed by atoms with Gasteiger partial charge in [-0.15, -0.1) is 0 Å². The monoisotopic (exact) mass is 591 g/mol. The molecule has 4 rings (SSSR count). The molecule has 0 saturated heterocycles. The quantitative estimate of drug-likeness (QED) is 0.149. The molecule has 0 unspecified atom stereocenters. The summed E-state index contributed by atoms with van der Waals surface area (Å²) in [7, 11) is 0. The number of aromatic nitrogens is 2. The predicted octanol–water partition coefficient (Wildman–Crippen LogP) is 5.79. The number of hydrogen-bond acceptors (Lipinski definition) is 7. The molecule has 0 spiro atoms. The Morgan fingerprint density at radius 2 is 2.00 bits per heavy atom. The van der Waals surface area contributed by atoms with Gasteiger partial charge < -0.3 is 10.1 Å². The molecule has 1 amide bonds. The van der Waals surface area contributed by atoms with Crippen LogP contribution in [0.4, 0.5) is 11.4 Å². The minimum atomic E-state index is -0.599. The number of nitrogens with zero attached hydrogens (tertiary/aromatic N) is 4. The topological polar surface area (TPSA) is 129 Å². The normalized spacial score (nSPS) is 12.0. The summed E-state index contributed by atoms with van der Waals surface area (Å²) in [6.45, 7) is 5.38. The van der Waals surface area contributed by atoms with Gasteiger partial charge in [-0.05, 0) is 55.3 Å². The van der Waals surface area contributed by atoms with Crippen LogP contribution in [-0.2, 0) is 4.79 Å². The highest BCUT2D eigenvalue weighted by atomic mass is 79.9. The molecule has 10 nitrogen and oxygen atoms in total. The van der Waals surface area contributed by atoms with Crippen LogP contribution < -0.4 is 15.6 Å². The summed E-state index contributed by atoms with van der Waals surface area (Å²) in [4.78, 5) is 41.4. The molecular weight excluding hydrogens is 566 g/mol. The van der Waals surface area contributed by atoms with Crippen molar-refractivity contribution in [3.63, 3.8) is 0 Å². The second-order valence-corrected chi connectivity index (χ2v) is 9.85. The zero-order valence-corrected chi connectivity index (χ0v) is 23.1. The molecule has 0 bridgehead atoms. The Bertz CT molecular complexity index is 1650. The lowest BCUT2D eigenvalue weighted by atomic mass is 10.1. The molecule has 1 N–H and O–H groups in total. The average molecular weight is 592 g/mol. The lowest BCUT2D eigenvalue weighted by Gasteiger charge is -2.14. The maximum absolute atomic E-state index is 13.3. The standard InChI is InChI=1S/C28H26BrN5O5/c1-4-17(2)27-32-23-11-10-20(29)14-21(23)28(36)33(27)30-15-19-9-12-25(24(13-19)34(37)38)39-16-26(35)31-22-8-6-5-7-18(22)3/h5-15,17H,4,16H2,1-3H3,(H,31,35)/t17-/m0/s1. The molecule has 39 heavy (non-hydrogen) atoms. The fraction of sp³-hybridized carbons (Fsp3) is 0.214. The number of para-hydroxylation sites is 1. The Morgan fingerprint density at radius 1 is 1.23 bits per heavy atom. The van der Waals surface area contributed by atoms with E-state index in [0.717, 1.165) is 16.5 Å². The maximum Gasteiger partial charge on any atom is 0.311 e. The van der Waals surface area contributed by atoms with Crippen LogP contribution in [0, 0.1) is 17.0 Å². The molecule has 0 aliphatic heterocycles. The summed E-state index contributed by atoms with van der Waals surface area (Å²) in [5.74, 6) is -0.0788. The van der Waals surface area contributed by atoms with Crippen molar-refractivity contribution >= 4 is 50.3 Å². The summed E-state index contributed by atoms with van der Waals surface area (Å²) < 4.78 is 7.43. The molecule has 3 aromatic carbocycles. The van der Waals surface area contributed by atoms with Crippen LogP contribution in [0.5, 0.6) is 5.75 Å². The molecule has 1 atom stereocenters. The summed E-state index contributed by atoms with van der Waals surface area (Å²) in [5.41, 5.74) is 1.77. The zero-order valence-electron chi connectivity index (χ0n) is 21.6. The Hall–Kier alpha value is -4.38. The first-order valence-electron chi connectivity index (χ1n) is 12.2. The average Bonchev–Trinajstić information content (AvgIpc) is 2.92. The number of ether oxygens (including phenoxy) is 1. The number of anilines is 1. The SMILES string of the molecule is CC[C@H](C)c1nc2ccc(Br)cc2c(=O)n1N=Cc1ccc(OCC(=O)Nc2ccccc2C)c([N+](=O)[O-])c1. The van der Waals surface area contributed by atoms with E-state index in [1.54, 1.807) is 30.3 Å². The van der Waals surface area contributed by atoms with E-state index in [9.17, 15) is 19.7 Å². The van der Waals surface area contributed by atoms with Gasteiger partial charge in [0.1, 0.15) is 5.82 Å². The van der Waals surface area contributed by atoms with Crippen molar-refractivity contribution in [3.05, 3.63) is 103 Å². The number of carbonyl (C=O) groups is 1. The Kier molecular flexibility index (Phi) is 8.50. The second kappa shape index (κ2) is 12.0. The molecule has 1 aromatic heterocycles. The molecule has 0 aliphatic carbocycles. The Labute approximate surface area is 232 Å². The van der Waals surface area contributed by atoms with Crippen molar-refractivity contribution in [2.75, 3.05) is 11.9 Å². The van der Waals surface area contributed by atoms with Crippen LogP contribution in [0.25, 0.3) is 10.9 Å². The van der Waals surface area contributed by atoms with E-state index in [-0.39, 0.29) is 22.9 Å². The number of fused-ring (bicyclic) bond motifs is 1. The number of carbonyl (C=O) groups excluding carboxylic acids is 1. The van der Waals surface area contributed by atoms with Gasteiger partial charge in [-0.3, -0.25) is 19.7 Å². The Balaban J connectivity index is 1.60. The van der Waals surface area contributed by atoms with Gasteiger partial charge in [0.15, 0.2) is 12.4 Å². The van der Waals surface area contributed by atoms with E-state index in [1.165, 1.54) is 23.0 Å². The summed E-state index contributed by atoms with van der Waals surface area (Å²) >= 11 is 3.38. The molecule has 200 valence electrons. The fourth-order valence-electron chi connectivity index (χ4n) is 3.83. The van der Waals surface area contributed by atoms with Crippen molar-refractivity contribution in [3.8, 4) is 5.75 Å². The molecule has 4 aromatic rings. The third-order valence-corrected chi connectivity index (χ3v) is 6.66. The number of nitro groups is 1. The van der Waals surface area contributed by atoms with E-state index in [1.807, 2.05) is 39.0 Å². The Morgan fingerprint density at radius 3 is 2.72 bits per heavy atom. The maximum atomic E-state index is 13.3. The van der Waals surface area contributed by atoms with Crippen molar-refractivity contribution in [2.24, 2.45) is 5.10 Å². The first kappa shape index (κ1) is 27.6. The highest BCUT2D eigenvalue weighted by Crippen LogP contribution is 2.28. The number of halogens is 1. The second-order valence-electron chi connectivity index (χ2n) is 8.94. The number of aryl methyl sites for hydroxylation is 1. The minimum Gasteiger partial charge on any atom is -0.477 e. The van der Waals surface area contributed by atoms with Crippen LogP contribution >= 0.6 is 15.9 Å². The summed E-state index contributed by atoms with van der Waals surface area (Å²) in [6.07, 6.45) is 2.10. The molecular formula is C28H26BrN5O5. The molecule has 0 aliphatic rings. The highest BCUT2D eigenvalue weighted by Gasteiger charge is 2.18. The lowest BCUT2D eigenvalue weighted by Crippen LogP contribution is -2.23. The van der Waals surface area contributed by atoms with Gasteiger partial charge in [-0.1, -0.05) is 48.0 Å². The minimum absolute atomic E-state index is 0.0566. The highest BCUT2D eigenvalue weighted by molar-refractivity contribution is 9.10. The molecule has 11 heteroatoms. The summed E-state index contributed by atoms with van der Waals surface area (Å²) in [6, 6.07) is 16.8. The molecule has 0 fully saturated rings. The predicted molar refractivity (Wildman–Crippen MR) is 154 cm³/mol. The number of benzene rings is 3. The van der Waals surface area contributed by atoms with Crippen LogP contribution in [0.1, 0.15) is 43.1 Å². The molecule has 1 heterocycles. The van der Waals surface area contributed by atoms with Gasteiger partial charge in [0.05, 0.1) is 22.0 Å². The lowest BCUT2D eigenvalue weighted by molar-refractivity contribution is -0.385. The molecule has 0 saturated carbocycles. The third kappa shape index (κ3) is 6.37. The van der Waals surface area contributed by atoms with Gasteiger partial charge in [0.25, 0.3) is 11.5 Å². The van der Waals surface area contributed by atoms with Crippen molar-refractivity contribution in [2.45, 2.75) is 33.1 Å². The largest absolute Gasteiger partial charge is 0.477 e. The number of hydrogen-bond donors (Lipinski definition) is 1. The van der Waals surface area contributed by atoms with Gasteiger partial charge in [-0.2, -0.15) is 9.78 Å². The van der Waals surface area contributed by atoms with E-state index in [0.29, 0.717) is 28.0 Å². The van der Waals surface area contributed by atoms with Crippen LogP contribution in [0.2, 0.25) is 0 Å². The third-order valence-electron chi connectivity index (χ3n) is 6.17. The van der Waals surface area contributed by atoms with Gasteiger partial charge >= 0.3 is 5.69 Å². The zero-order chi connectivity index (χ0) is 28.1. The first-order chi connectivity index (χ1) is 18.7. The van der Waals surface area contributed by atoms with Crippen molar-refractivity contribution in [1.82, 2.24) is 9.66 Å². The fourth-order valence-corrected chi connectivity index (χ4v) is 4.19. The molecule has 0 radical (unpaired) electrons. The number of amides is 1. The van der Waals surface area contributed by atoms with Crippen LogP contribution in [-0.4, -0.2) is 33.3 Å². The van der Waals surface area contributed by atoms with Gasteiger partial charge in [-0.25, -0.2) is 4.98 Å². The van der Waals surface area contributed by atoms with Gasteiger partial charge in [0.2, 0.25) is 0 Å². The van der Waals surface area contributed by atoms with E-state index >= 15 is 0 Å².